The Kier molecular flexibility index (Phi) is 11.4. The van der Waals surface area contributed by atoms with Crippen LogP contribution < -0.4 is 21.3 Å². The molecule has 2 saturated heterocycles. The van der Waals surface area contributed by atoms with Gasteiger partial charge in [-0.3, -0.25) is 19.2 Å². The minimum atomic E-state index is -3.39. The highest BCUT2D eigenvalue weighted by atomic mass is 32.2. The maximum atomic E-state index is 14.4. The van der Waals surface area contributed by atoms with Crippen LogP contribution in [0.25, 0.3) is 0 Å². The molecule has 4 N–H and O–H groups in total. The van der Waals surface area contributed by atoms with Crippen LogP contribution in [0.15, 0.2) is 12.7 Å². The Balaban J connectivity index is 1.56. The molecule has 0 spiro atoms. The number of Topliss-reactive ketones (excluding diaryl/α,β-unsaturated/α-hetero) is 1. The number of carbonyl (C=O) groups excluding carboxylic acids is 5. The first kappa shape index (κ1) is 37.9. The maximum absolute atomic E-state index is 14.4. The molecule has 2 aliphatic heterocycles. The first-order chi connectivity index (χ1) is 22.4. The molecule has 12 nitrogen and oxygen atoms in total. The van der Waals surface area contributed by atoms with Crippen LogP contribution in [0.2, 0.25) is 0 Å². The normalized spacial score (nSPS) is 28.2. The van der Waals surface area contributed by atoms with Crippen LogP contribution in [0, 0.1) is 22.7 Å². The summed E-state index contributed by atoms with van der Waals surface area (Å²) in [7, 11) is -3.39. The van der Waals surface area contributed by atoms with E-state index in [0.717, 1.165) is 25.7 Å². The molecule has 48 heavy (non-hydrogen) atoms. The minimum Gasteiger partial charge on any atom is -0.346 e. The van der Waals surface area contributed by atoms with Gasteiger partial charge in [0.05, 0.1) is 22.6 Å². The fourth-order valence-electron chi connectivity index (χ4n) is 8.53. The summed E-state index contributed by atoms with van der Waals surface area (Å²) in [5.74, 6) is -2.44. The SMILES string of the molecule is C=CCNC(=O)C(=O)C(CCC)NC(=O)[C@@H]1[C@@H]2[C@H](CN1C(=O)[C@@H](NC(=O)NC1([C@H]3CCCCS3(=O)=O)CCCCC1)C(C)(C)C)C2(C)C. The van der Waals surface area contributed by atoms with Crippen LogP contribution in [0.5, 0.6) is 0 Å². The van der Waals surface area contributed by atoms with E-state index in [9.17, 15) is 32.4 Å². The first-order valence-corrected chi connectivity index (χ1v) is 19.5. The average molecular weight is 692 g/mol. The first-order valence-electron chi connectivity index (χ1n) is 17.8. The van der Waals surface area contributed by atoms with Crippen LogP contribution in [-0.2, 0) is 29.0 Å². The molecular formula is C35H57N5O7S. The molecule has 0 aromatic rings. The van der Waals surface area contributed by atoms with Gasteiger partial charge in [-0.2, -0.15) is 0 Å². The molecule has 4 aliphatic rings. The van der Waals surface area contributed by atoms with Gasteiger partial charge in [0.25, 0.3) is 5.91 Å². The number of rotatable bonds is 12. The fourth-order valence-corrected chi connectivity index (χ4v) is 10.9. The summed E-state index contributed by atoms with van der Waals surface area (Å²) >= 11 is 0. The molecule has 0 bridgehead atoms. The van der Waals surface area contributed by atoms with Crippen molar-refractivity contribution < 1.29 is 32.4 Å². The summed E-state index contributed by atoms with van der Waals surface area (Å²) in [4.78, 5) is 69.2. The van der Waals surface area contributed by atoms with Crippen molar-refractivity contribution in [3.8, 4) is 0 Å². The molecule has 2 aliphatic carbocycles. The number of fused-ring (bicyclic) bond motifs is 1. The van der Waals surface area contributed by atoms with Gasteiger partial charge in [-0.1, -0.05) is 79.7 Å². The smallest absolute Gasteiger partial charge is 0.315 e. The second-order valence-corrected chi connectivity index (χ2v) is 18.4. The quantitative estimate of drug-likeness (QED) is 0.180. The van der Waals surface area contributed by atoms with E-state index in [1.54, 1.807) is 0 Å². The van der Waals surface area contributed by atoms with Crippen molar-refractivity contribution >= 4 is 39.4 Å². The van der Waals surface area contributed by atoms with E-state index in [-0.39, 0.29) is 36.0 Å². The van der Waals surface area contributed by atoms with E-state index >= 15 is 0 Å². The number of hydrogen-bond donors (Lipinski definition) is 4. The number of likely N-dealkylation sites (tertiary alicyclic amines) is 1. The third kappa shape index (κ3) is 7.75. The highest BCUT2D eigenvalue weighted by Crippen LogP contribution is 2.65. The van der Waals surface area contributed by atoms with E-state index in [0.29, 0.717) is 38.6 Å². The molecule has 13 heteroatoms. The number of piperidine rings is 1. The highest BCUT2D eigenvalue weighted by molar-refractivity contribution is 7.92. The van der Waals surface area contributed by atoms with Gasteiger partial charge in [0.2, 0.25) is 17.6 Å². The van der Waals surface area contributed by atoms with Gasteiger partial charge >= 0.3 is 6.03 Å². The van der Waals surface area contributed by atoms with Crippen molar-refractivity contribution in [1.29, 1.82) is 0 Å². The van der Waals surface area contributed by atoms with E-state index in [1.165, 1.54) is 11.0 Å². The monoisotopic (exact) mass is 691 g/mol. The molecule has 1 unspecified atom stereocenters. The summed E-state index contributed by atoms with van der Waals surface area (Å²) in [5, 5.41) is 10.6. The standard InChI is InChI=1S/C35H57N5O7S/c1-8-15-23(27(41)30(43)36-19-9-2)37-29(42)26-25-22(34(25,6)7)21-40(26)31(44)28(33(3,4)5)38-32(45)39-35(17-12-10-13-18-35)24-16-11-14-20-48(24,46)47/h9,22-26,28H,2,8,10-21H2,1,3-7H3,(H,36,43)(H,37,42)(H2,38,39,45)/t22-,23?,24+,25-,26-,28+/m0/s1. The zero-order chi connectivity index (χ0) is 35.7. The van der Waals surface area contributed by atoms with E-state index in [2.05, 4.69) is 41.7 Å². The molecule has 2 heterocycles. The Morgan fingerprint density at radius 3 is 2.25 bits per heavy atom. The summed E-state index contributed by atoms with van der Waals surface area (Å²) < 4.78 is 26.5. The summed E-state index contributed by atoms with van der Waals surface area (Å²) in [5.41, 5.74) is -1.85. The van der Waals surface area contributed by atoms with Crippen LogP contribution in [0.3, 0.4) is 0 Å². The number of sulfone groups is 1. The Hall–Kier alpha value is -2.96. The number of urea groups is 1. The summed E-state index contributed by atoms with van der Waals surface area (Å²) in [6, 6.07) is -3.53. The lowest BCUT2D eigenvalue weighted by Gasteiger charge is -2.45. The van der Waals surface area contributed by atoms with Gasteiger partial charge in [-0.05, 0) is 54.8 Å². The van der Waals surface area contributed by atoms with Gasteiger partial charge in [0.15, 0.2) is 9.84 Å². The van der Waals surface area contributed by atoms with Crippen molar-refractivity contribution in [2.45, 2.75) is 135 Å². The Morgan fingerprint density at radius 1 is 1.00 bits per heavy atom. The molecule has 270 valence electrons. The number of nitrogens with one attached hydrogen (secondary N) is 4. The molecule has 0 aromatic heterocycles. The second-order valence-electron chi connectivity index (χ2n) is 16.1. The molecule has 4 fully saturated rings. The molecule has 5 amide bonds. The third-order valence-corrected chi connectivity index (χ3v) is 13.7. The van der Waals surface area contributed by atoms with Crippen LogP contribution in [0.4, 0.5) is 4.79 Å². The number of ketones is 1. The van der Waals surface area contributed by atoms with Crippen LogP contribution in [-0.4, -0.2) is 90.6 Å². The zero-order valence-corrected chi connectivity index (χ0v) is 30.5. The van der Waals surface area contributed by atoms with E-state index in [1.807, 2.05) is 27.7 Å². The lowest BCUT2D eigenvalue weighted by Crippen LogP contribution is -2.66. The number of carbonyl (C=O) groups is 5. The molecular weight excluding hydrogens is 634 g/mol. The zero-order valence-electron chi connectivity index (χ0n) is 29.7. The number of nitrogens with zero attached hydrogens (tertiary/aromatic N) is 1. The van der Waals surface area contributed by atoms with Gasteiger partial charge in [0, 0.05) is 13.1 Å². The van der Waals surface area contributed by atoms with Crippen LogP contribution >= 0.6 is 0 Å². The predicted molar refractivity (Wildman–Crippen MR) is 183 cm³/mol. The molecule has 0 radical (unpaired) electrons. The molecule has 0 aromatic carbocycles. The summed E-state index contributed by atoms with van der Waals surface area (Å²) in [6.07, 6.45) is 7.92. The average Bonchev–Trinajstić information content (AvgIpc) is 3.32. The van der Waals surface area contributed by atoms with Crippen molar-refractivity contribution in [2.24, 2.45) is 22.7 Å². The Morgan fingerprint density at radius 2 is 1.67 bits per heavy atom. The van der Waals surface area contributed by atoms with Gasteiger partial charge < -0.3 is 26.2 Å². The van der Waals surface area contributed by atoms with Crippen molar-refractivity contribution in [2.75, 3.05) is 18.8 Å². The predicted octanol–water partition coefficient (Wildman–Crippen LogP) is 3.01. The van der Waals surface area contributed by atoms with E-state index < -0.39 is 73.7 Å². The van der Waals surface area contributed by atoms with Gasteiger partial charge in [-0.15, -0.1) is 6.58 Å². The van der Waals surface area contributed by atoms with E-state index in [4.69, 9.17) is 0 Å². The number of amides is 5. The largest absolute Gasteiger partial charge is 0.346 e. The lowest BCUT2D eigenvalue weighted by atomic mass is 9.77. The number of hydrogen-bond acceptors (Lipinski definition) is 7. The molecule has 4 rings (SSSR count). The van der Waals surface area contributed by atoms with Crippen LogP contribution in [0.1, 0.15) is 106 Å². The third-order valence-electron chi connectivity index (χ3n) is 11.3. The van der Waals surface area contributed by atoms with Gasteiger partial charge in [-0.25, -0.2) is 13.2 Å². The Bertz CT molecular complexity index is 1380. The minimum absolute atomic E-state index is 0.0601. The fraction of sp³-hybridized carbons (Fsp3) is 0.800. The topological polar surface area (TPSA) is 171 Å². The van der Waals surface area contributed by atoms with Gasteiger partial charge in [0.1, 0.15) is 12.1 Å². The summed E-state index contributed by atoms with van der Waals surface area (Å²) in [6.45, 7) is 15.5. The maximum Gasteiger partial charge on any atom is 0.315 e. The molecule has 2 saturated carbocycles. The lowest BCUT2D eigenvalue weighted by molar-refractivity contribution is -0.145. The van der Waals surface area contributed by atoms with Crippen molar-refractivity contribution in [1.82, 2.24) is 26.2 Å². The Labute approximate surface area is 286 Å². The second kappa shape index (κ2) is 14.5. The van der Waals surface area contributed by atoms with Crippen molar-refractivity contribution in [3.63, 3.8) is 0 Å². The highest BCUT2D eigenvalue weighted by Gasteiger charge is 2.70. The molecule has 6 atom stereocenters. The van der Waals surface area contributed by atoms with Crippen molar-refractivity contribution in [3.05, 3.63) is 12.7 Å².